The highest BCUT2D eigenvalue weighted by molar-refractivity contribution is 5.76. The van der Waals surface area contributed by atoms with Gasteiger partial charge in [-0.25, -0.2) is 19.5 Å². The van der Waals surface area contributed by atoms with Gasteiger partial charge in [0, 0.05) is 58.2 Å². The molecule has 1 atom stereocenters. The number of H-pyrrole nitrogens is 1. The fourth-order valence-corrected chi connectivity index (χ4v) is 4.63. The van der Waals surface area contributed by atoms with Gasteiger partial charge < -0.3 is 20.1 Å². The van der Waals surface area contributed by atoms with Crippen LogP contribution in [0.4, 0.5) is 11.5 Å². The van der Waals surface area contributed by atoms with Crippen molar-refractivity contribution in [3.63, 3.8) is 0 Å². The lowest BCUT2D eigenvalue weighted by atomic mass is 10.1. The van der Waals surface area contributed by atoms with Crippen LogP contribution in [0.15, 0.2) is 29.6 Å². The number of aryl methyl sites for hydroxylation is 1. The third-order valence-corrected chi connectivity index (χ3v) is 6.69. The Kier molecular flexibility index (Phi) is 5.05. The number of nitrogens with one attached hydrogen (secondary N) is 2. The molecule has 1 saturated heterocycles. The zero-order valence-electron chi connectivity index (χ0n) is 19.7. The van der Waals surface area contributed by atoms with Crippen LogP contribution >= 0.6 is 0 Å². The Morgan fingerprint density at radius 3 is 2.76 bits per heavy atom. The summed E-state index contributed by atoms with van der Waals surface area (Å²) in [5.41, 5.74) is 5.64. The molecule has 2 aliphatic heterocycles. The summed E-state index contributed by atoms with van der Waals surface area (Å²) in [5.74, 6) is 1.95. The molecular weight excluding hydrogens is 430 g/mol. The number of hydrazone groups is 1. The van der Waals surface area contributed by atoms with Gasteiger partial charge in [0.25, 0.3) is 0 Å². The first kappa shape index (κ1) is 20.8. The molecule has 4 aromatic rings. The number of fused-ring (bicyclic) bond motifs is 2. The largest absolute Gasteiger partial charge is 0.375 e. The summed E-state index contributed by atoms with van der Waals surface area (Å²) in [6.45, 7) is 7.34. The van der Waals surface area contributed by atoms with Crippen LogP contribution in [0.1, 0.15) is 23.0 Å². The molecule has 6 heterocycles. The van der Waals surface area contributed by atoms with Gasteiger partial charge in [0.2, 0.25) is 0 Å². The average molecular weight is 460 g/mol. The first-order valence-corrected chi connectivity index (χ1v) is 11.7. The van der Waals surface area contributed by atoms with Crippen LogP contribution in [0.3, 0.4) is 0 Å². The molecule has 0 aliphatic carbocycles. The van der Waals surface area contributed by atoms with E-state index in [4.69, 9.17) is 10.1 Å². The van der Waals surface area contributed by atoms with Crippen LogP contribution < -0.4 is 10.2 Å². The van der Waals surface area contributed by atoms with Crippen molar-refractivity contribution in [3.8, 4) is 0 Å². The Morgan fingerprint density at radius 2 is 2.00 bits per heavy atom. The summed E-state index contributed by atoms with van der Waals surface area (Å²) in [7, 11) is 4.15. The zero-order chi connectivity index (χ0) is 23.2. The van der Waals surface area contributed by atoms with Crippen LogP contribution in [0.2, 0.25) is 0 Å². The molecule has 0 bridgehead atoms. The molecule has 0 aromatic carbocycles. The van der Waals surface area contributed by atoms with E-state index < -0.39 is 0 Å². The lowest BCUT2D eigenvalue weighted by molar-refractivity contribution is 0.311. The molecule has 1 fully saturated rings. The number of aromatic nitrogens is 6. The van der Waals surface area contributed by atoms with Crippen LogP contribution in [-0.2, 0) is 6.54 Å². The minimum absolute atomic E-state index is 0.160. The number of rotatable bonds is 5. The number of piperazine rings is 1. The van der Waals surface area contributed by atoms with E-state index in [2.05, 4.69) is 55.2 Å². The van der Waals surface area contributed by atoms with Gasteiger partial charge in [-0.05, 0) is 25.6 Å². The molecule has 176 valence electrons. The van der Waals surface area contributed by atoms with Crippen molar-refractivity contribution in [1.82, 2.24) is 39.5 Å². The maximum Gasteiger partial charge on any atom is 0.178 e. The molecule has 0 amide bonds. The van der Waals surface area contributed by atoms with Gasteiger partial charge in [-0.2, -0.15) is 5.10 Å². The molecule has 4 aromatic heterocycles. The Labute approximate surface area is 197 Å². The number of hydrogen-bond acceptors (Lipinski definition) is 9. The lowest BCUT2D eigenvalue weighted by Gasteiger charge is -2.33. The normalized spacial score (nSPS) is 19.1. The highest BCUT2D eigenvalue weighted by atomic mass is 15.5. The summed E-state index contributed by atoms with van der Waals surface area (Å²) in [5, 5.41) is 14.9. The van der Waals surface area contributed by atoms with Gasteiger partial charge in [0.1, 0.15) is 5.82 Å². The quantitative estimate of drug-likeness (QED) is 0.465. The predicted octanol–water partition coefficient (Wildman–Crippen LogP) is 1.69. The molecular formula is C23H29N11. The van der Waals surface area contributed by atoms with Gasteiger partial charge in [-0.15, -0.1) is 5.10 Å². The molecule has 6 rings (SSSR count). The van der Waals surface area contributed by atoms with Crippen molar-refractivity contribution in [2.24, 2.45) is 5.10 Å². The van der Waals surface area contributed by atoms with Crippen molar-refractivity contribution < 1.29 is 0 Å². The van der Waals surface area contributed by atoms with Gasteiger partial charge in [-0.1, -0.05) is 0 Å². The maximum atomic E-state index is 5.02. The average Bonchev–Trinajstić information content (AvgIpc) is 3.56. The predicted molar refractivity (Wildman–Crippen MR) is 133 cm³/mol. The Bertz CT molecular complexity index is 1360. The van der Waals surface area contributed by atoms with E-state index in [-0.39, 0.29) is 5.92 Å². The molecule has 0 spiro atoms. The number of hydrogen-bond donors (Lipinski definition) is 2. The first-order valence-electron chi connectivity index (χ1n) is 11.7. The number of pyridine rings is 1. The summed E-state index contributed by atoms with van der Waals surface area (Å²) < 4.78 is 1.98. The van der Waals surface area contributed by atoms with Crippen LogP contribution in [0.25, 0.3) is 16.8 Å². The second-order valence-electron chi connectivity index (χ2n) is 9.20. The molecule has 1 unspecified atom stereocenters. The van der Waals surface area contributed by atoms with Crippen LogP contribution in [-0.4, -0.2) is 92.5 Å². The highest BCUT2D eigenvalue weighted by Gasteiger charge is 2.24. The Balaban J connectivity index is 1.36. The van der Waals surface area contributed by atoms with Gasteiger partial charge in [0.05, 0.1) is 35.6 Å². The molecule has 2 aliphatic rings. The van der Waals surface area contributed by atoms with E-state index in [1.165, 1.54) is 0 Å². The van der Waals surface area contributed by atoms with E-state index >= 15 is 0 Å². The molecule has 11 heteroatoms. The number of aromatic amines is 1. The van der Waals surface area contributed by atoms with Crippen molar-refractivity contribution in [2.75, 3.05) is 57.0 Å². The van der Waals surface area contributed by atoms with Gasteiger partial charge >= 0.3 is 0 Å². The van der Waals surface area contributed by atoms with Crippen molar-refractivity contribution >= 4 is 34.5 Å². The Morgan fingerprint density at radius 1 is 1.15 bits per heavy atom. The third-order valence-electron chi connectivity index (χ3n) is 6.69. The minimum atomic E-state index is 0.160. The summed E-state index contributed by atoms with van der Waals surface area (Å²) in [6.07, 6.45) is 5.69. The number of imidazole rings is 2. The summed E-state index contributed by atoms with van der Waals surface area (Å²) >= 11 is 0. The van der Waals surface area contributed by atoms with Gasteiger partial charge in [0.15, 0.2) is 17.1 Å². The zero-order valence-corrected chi connectivity index (χ0v) is 19.7. The number of anilines is 2. The molecule has 11 nitrogen and oxygen atoms in total. The van der Waals surface area contributed by atoms with E-state index in [0.29, 0.717) is 6.54 Å². The van der Waals surface area contributed by atoms with E-state index in [1.807, 2.05) is 35.0 Å². The molecule has 2 N–H and O–H groups in total. The standard InChI is InChI=1S/C23H29N11/c1-15-4-5-24-22-21(15)28-19(29-22)13-25-17-10-20(33-8-6-31(2)7-9-33)30-34-18(12-26-23(17)34)16-11-27-32(3)14-16/h4-5,10-12,16,25H,6-9,13-14H2,1-3H3,(H,24,28,29). The van der Waals surface area contributed by atoms with Gasteiger partial charge in [-0.3, -0.25) is 5.01 Å². The fourth-order valence-electron chi connectivity index (χ4n) is 4.63. The van der Waals surface area contributed by atoms with Crippen LogP contribution in [0, 0.1) is 6.92 Å². The second-order valence-corrected chi connectivity index (χ2v) is 9.20. The highest BCUT2D eigenvalue weighted by Crippen LogP contribution is 2.27. The Hall–Kier alpha value is -3.73. The van der Waals surface area contributed by atoms with Crippen molar-refractivity contribution in [3.05, 3.63) is 41.6 Å². The smallest absolute Gasteiger partial charge is 0.178 e. The topological polar surface area (TPSA) is 106 Å². The van der Waals surface area contributed by atoms with E-state index in [1.54, 1.807) is 6.20 Å². The van der Waals surface area contributed by atoms with E-state index in [0.717, 1.165) is 78.1 Å². The third kappa shape index (κ3) is 3.71. The first-order chi connectivity index (χ1) is 16.5. The minimum Gasteiger partial charge on any atom is -0.375 e. The molecule has 34 heavy (non-hydrogen) atoms. The van der Waals surface area contributed by atoms with Crippen molar-refractivity contribution in [1.29, 1.82) is 0 Å². The SMILES string of the molecule is Cc1ccnc2nc(CNc3cc(N4CCN(C)CC4)nn4c(C5C=NN(C)C5)cnc34)[nH]c12. The molecule has 0 saturated carbocycles. The number of nitrogens with zero attached hydrogens (tertiary/aromatic N) is 9. The number of likely N-dealkylation sites (N-methyl/N-ethyl adjacent to an activating group) is 2. The monoisotopic (exact) mass is 459 g/mol. The second kappa shape index (κ2) is 8.24. The summed E-state index contributed by atoms with van der Waals surface area (Å²) in [4.78, 5) is 21.9. The molecule has 0 radical (unpaired) electrons. The van der Waals surface area contributed by atoms with E-state index in [9.17, 15) is 0 Å². The fraction of sp³-hybridized carbons (Fsp3) is 0.435. The lowest BCUT2D eigenvalue weighted by Crippen LogP contribution is -2.45. The van der Waals surface area contributed by atoms with Crippen molar-refractivity contribution in [2.45, 2.75) is 19.4 Å². The van der Waals surface area contributed by atoms with Crippen LogP contribution in [0.5, 0.6) is 0 Å². The summed E-state index contributed by atoms with van der Waals surface area (Å²) in [6, 6.07) is 4.10. The maximum absolute atomic E-state index is 5.02.